The second kappa shape index (κ2) is 9.12. The van der Waals surface area contributed by atoms with Crippen LogP contribution in [0, 0.1) is 25.2 Å². The van der Waals surface area contributed by atoms with Crippen molar-refractivity contribution in [1.82, 2.24) is 9.47 Å². The highest BCUT2D eigenvalue weighted by molar-refractivity contribution is 6.42. The summed E-state index contributed by atoms with van der Waals surface area (Å²) in [6.07, 6.45) is 2.69. The molecule has 0 spiro atoms. The number of carbonyl (C=O) groups excluding carboxylic acids is 1. The minimum Gasteiger partial charge on any atom is -0.349 e. The summed E-state index contributed by atoms with van der Waals surface area (Å²) in [7, 11) is 1.66. The van der Waals surface area contributed by atoms with Crippen molar-refractivity contribution in [3.05, 3.63) is 62.4 Å². The van der Waals surface area contributed by atoms with E-state index in [1.807, 2.05) is 32.0 Å². The molecule has 0 atom stereocenters. The molecule has 0 aliphatic carbocycles. The summed E-state index contributed by atoms with van der Waals surface area (Å²) in [5, 5.41) is 10.4. The van der Waals surface area contributed by atoms with Crippen LogP contribution in [0.15, 0.2) is 29.8 Å². The summed E-state index contributed by atoms with van der Waals surface area (Å²) < 4.78 is 2.20. The number of rotatable bonds is 6. The van der Waals surface area contributed by atoms with Gasteiger partial charge in [-0.25, -0.2) is 0 Å². The lowest BCUT2D eigenvalue weighted by Crippen LogP contribution is -2.27. The van der Waals surface area contributed by atoms with E-state index in [2.05, 4.69) is 11.5 Å². The van der Waals surface area contributed by atoms with Crippen molar-refractivity contribution >= 4 is 35.2 Å². The molecule has 2 aromatic rings. The van der Waals surface area contributed by atoms with Crippen LogP contribution in [-0.2, 0) is 17.9 Å². The van der Waals surface area contributed by atoms with Gasteiger partial charge >= 0.3 is 0 Å². The standard InChI is InChI=1S/C21H23Cl2N3O/c1-5-8-26-14(2)9-17(15(26)3)11-18(12-24)21(27)25(4)13-16-6-7-19(22)20(23)10-16/h6-7,9-11H,5,8,13H2,1-4H3/b18-11-. The predicted molar refractivity (Wildman–Crippen MR) is 111 cm³/mol. The van der Waals surface area contributed by atoms with Crippen LogP contribution >= 0.6 is 23.2 Å². The summed E-state index contributed by atoms with van der Waals surface area (Å²) in [5.41, 5.74) is 4.03. The van der Waals surface area contributed by atoms with E-state index in [-0.39, 0.29) is 11.5 Å². The molecule has 0 fully saturated rings. The summed E-state index contributed by atoms with van der Waals surface area (Å²) in [5.74, 6) is -0.330. The highest BCUT2D eigenvalue weighted by Gasteiger charge is 2.17. The van der Waals surface area contributed by atoms with E-state index < -0.39 is 0 Å². The Labute approximate surface area is 170 Å². The Hall–Kier alpha value is -2.22. The Balaban J connectivity index is 2.24. The first-order valence-electron chi connectivity index (χ1n) is 8.76. The lowest BCUT2D eigenvalue weighted by atomic mass is 10.1. The molecule has 1 aromatic carbocycles. The lowest BCUT2D eigenvalue weighted by molar-refractivity contribution is -0.125. The Morgan fingerprint density at radius 3 is 2.56 bits per heavy atom. The number of hydrogen-bond donors (Lipinski definition) is 0. The Kier molecular flexibility index (Phi) is 7.12. The predicted octanol–water partition coefficient (Wildman–Crippen LogP) is 5.39. The summed E-state index contributed by atoms with van der Waals surface area (Å²) in [6.45, 7) is 7.41. The van der Waals surface area contributed by atoms with E-state index in [1.54, 1.807) is 25.3 Å². The van der Waals surface area contributed by atoms with Crippen LogP contribution in [0.2, 0.25) is 10.0 Å². The number of hydrogen-bond acceptors (Lipinski definition) is 2. The SMILES string of the molecule is CCCn1c(C)cc(/C=C(/C#N)C(=O)N(C)Cc2ccc(Cl)c(Cl)c2)c1C. The van der Waals surface area contributed by atoms with Gasteiger partial charge < -0.3 is 9.47 Å². The first kappa shape index (κ1) is 21.1. The maximum Gasteiger partial charge on any atom is 0.264 e. The molecule has 0 saturated carbocycles. The van der Waals surface area contributed by atoms with Gasteiger partial charge in [0.15, 0.2) is 0 Å². The number of likely N-dealkylation sites (N-methyl/N-ethyl adjacent to an activating group) is 1. The molecule has 0 N–H and O–H groups in total. The van der Waals surface area contributed by atoms with Crippen LogP contribution in [-0.4, -0.2) is 22.4 Å². The van der Waals surface area contributed by atoms with Gasteiger partial charge in [0.2, 0.25) is 0 Å². The van der Waals surface area contributed by atoms with Gasteiger partial charge in [0.25, 0.3) is 5.91 Å². The van der Waals surface area contributed by atoms with E-state index in [4.69, 9.17) is 23.2 Å². The number of nitriles is 1. The van der Waals surface area contributed by atoms with Crippen molar-refractivity contribution < 1.29 is 4.79 Å². The van der Waals surface area contributed by atoms with E-state index in [0.29, 0.717) is 16.6 Å². The zero-order chi connectivity index (χ0) is 20.1. The number of amides is 1. The van der Waals surface area contributed by atoms with Crippen molar-refractivity contribution in [3.8, 4) is 6.07 Å². The van der Waals surface area contributed by atoms with E-state index in [9.17, 15) is 10.1 Å². The van der Waals surface area contributed by atoms with Crippen LogP contribution in [0.25, 0.3) is 6.08 Å². The molecule has 2 rings (SSSR count). The molecule has 0 aliphatic rings. The fraction of sp³-hybridized carbons (Fsp3) is 0.333. The lowest BCUT2D eigenvalue weighted by Gasteiger charge is -2.17. The maximum absolute atomic E-state index is 12.7. The largest absolute Gasteiger partial charge is 0.349 e. The molecule has 0 unspecified atom stereocenters. The van der Waals surface area contributed by atoms with Gasteiger partial charge in [-0.1, -0.05) is 36.2 Å². The smallest absolute Gasteiger partial charge is 0.264 e. The third-order valence-electron chi connectivity index (χ3n) is 4.46. The molecule has 1 heterocycles. The van der Waals surface area contributed by atoms with Gasteiger partial charge in [0, 0.05) is 31.5 Å². The summed E-state index contributed by atoms with van der Waals surface area (Å²) >= 11 is 12.0. The average Bonchev–Trinajstić information content (AvgIpc) is 2.90. The fourth-order valence-corrected chi connectivity index (χ4v) is 3.35. The van der Waals surface area contributed by atoms with E-state index in [1.165, 1.54) is 4.90 Å². The topological polar surface area (TPSA) is 49.0 Å². The molecule has 0 aliphatic heterocycles. The van der Waals surface area contributed by atoms with Crippen molar-refractivity contribution in [2.45, 2.75) is 40.3 Å². The summed E-state index contributed by atoms with van der Waals surface area (Å²) in [6, 6.07) is 9.28. The Morgan fingerprint density at radius 1 is 1.26 bits per heavy atom. The number of aromatic nitrogens is 1. The van der Waals surface area contributed by atoms with Crippen LogP contribution < -0.4 is 0 Å². The maximum atomic E-state index is 12.7. The van der Waals surface area contributed by atoms with Gasteiger partial charge in [-0.05, 0) is 55.7 Å². The molecule has 142 valence electrons. The molecule has 0 radical (unpaired) electrons. The van der Waals surface area contributed by atoms with E-state index >= 15 is 0 Å². The Morgan fingerprint density at radius 2 is 1.96 bits per heavy atom. The molecule has 1 aromatic heterocycles. The third kappa shape index (κ3) is 4.94. The van der Waals surface area contributed by atoms with Crippen LogP contribution in [0.3, 0.4) is 0 Å². The Bertz CT molecular complexity index is 922. The normalized spacial score (nSPS) is 11.4. The van der Waals surface area contributed by atoms with Crippen molar-refractivity contribution in [2.24, 2.45) is 0 Å². The number of aryl methyl sites for hydroxylation is 1. The number of carbonyl (C=O) groups is 1. The monoisotopic (exact) mass is 403 g/mol. The quantitative estimate of drug-likeness (QED) is 0.479. The van der Waals surface area contributed by atoms with E-state index in [0.717, 1.165) is 35.5 Å². The minimum absolute atomic E-state index is 0.106. The van der Waals surface area contributed by atoms with Crippen molar-refractivity contribution in [3.63, 3.8) is 0 Å². The van der Waals surface area contributed by atoms with Gasteiger partial charge in [0.05, 0.1) is 10.0 Å². The minimum atomic E-state index is -0.330. The fourth-order valence-electron chi connectivity index (χ4n) is 3.03. The number of nitrogens with zero attached hydrogens (tertiary/aromatic N) is 3. The van der Waals surface area contributed by atoms with Crippen molar-refractivity contribution in [2.75, 3.05) is 7.05 Å². The average molecular weight is 404 g/mol. The second-order valence-electron chi connectivity index (χ2n) is 6.56. The molecular formula is C21H23Cl2N3O. The van der Waals surface area contributed by atoms with Crippen LogP contribution in [0.5, 0.6) is 0 Å². The third-order valence-corrected chi connectivity index (χ3v) is 5.20. The number of benzene rings is 1. The van der Waals surface area contributed by atoms with Gasteiger partial charge in [-0.3, -0.25) is 4.79 Å². The second-order valence-corrected chi connectivity index (χ2v) is 7.37. The molecule has 6 heteroatoms. The van der Waals surface area contributed by atoms with Gasteiger partial charge in [0.1, 0.15) is 11.6 Å². The molecule has 0 saturated heterocycles. The molecule has 0 bridgehead atoms. The zero-order valence-corrected chi connectivity index (χ0v) is 17.5. The summed E-state index contributed by atoms with van der Waals surface area (Å²) in [4.78, 5) is 14.2. The first-order valence-corrected chi connectivity index (χ1v) is 9.52. The van der Waals surface area contributed by atoms with Crippen LogP contribution in [0.1, 0.15) is 35.9 Å². The highest BCUT2D eigenvalue weighted by atomic mass is 35.5. The molecule has 27 heavy (non-hydrogen) atoms. The van der Waals surface area contributed by atoms with Gasteiger partial charge in [-0.2, -0.15) is 5.26 Å². The molecular weight excluding hydrogens is 381 g/mol. The molecule has 1 amide bonds. The van der Waals surface area contributed by atoms with Gasteiger partial charge in [-0.15, -0.1) is 0 Å². The zero-order valence-electron chi connectivity index (χ0n) is 16.0. The first-order chi connectivity index (χ1) is 12.8. The number of halogens is 2. The highest BCUT2D eigenvalue weighted by Crippen LogP contribution is 2.24. The van der Waals surface area contributed by atoms with Crippen molar-refractivity contribution in [1.29, 1.82) is 5.26 Å². The van der Waals surface area contributed by atoms with Crippen LogP contribution in [0.4, 0.5) is 0 Å². The molecule has 4 nitrogen and oxygen atoms in total.